The van der Waals surface area contributed by atoms with Gasteiger partial charge in [-0.15, -0.1) is 0 Å². The Morgan fingerprint density at radius 3 is 2.25 bits per heavy atom. The maximum absolute atomic E-state index is 12.4. The minimum Gasteiger partial charge on any atom is -0.469 e. The molecule has 5 heteroatoms. The van der Waals surface area contributed by atoms with Gasteiger partial charge in [-0.2, -0.15) is 0 Å². The summed E-state index contributed by atoms with van der Waals surface area (Å²) in [5.41, 5.74) is 4.10. The monoisotopic (exact) mass is 393 g/mol. The van der Waals surface area contributed by atoms with E-state index < -0.39 is 5.92 Å². The zero-order valence-corrected chi connectivity index (χ0v) is 16.2. The molecule has 142 valence electrons. The molecule has 1 saturated heterocycles. The highest BCUT2D eigenvalue weighted by Gasteiger charge is 2.42. The van der Waals surface area contributed by atoms with Crippen molar-refractivity contribution in [3.05, 3.63) is 89.4 Å². The molecule has 3 aromatic rings. The summed E-state index contributed by atoms with van der Waals surface area (Å²) in [7, 11) is 1.41. The smallest absolute Gasteiger partial charge is 0.313 e. The fourth-order valence-corrected chi connectivity index (χ4v) is 3.66. The van der Waals surface area contributed by atoms with Crippen LogP contribution >= 0.6 is 11.6 Å². The van der Waals surface area contributed by atoms with Crippen LogP contribution in [0, 0.1) is 5.92 Å². The molecular formula is C23H20ClNO3. The van der Waals surface area contributed by atoms with E-state index in [0.717, 1.165) is 22.4 Å². The molecule has 0 aromatic heterocycles. The summed E-state index contributed by atoms with van der Waals surface area (Å²) in [6.07, 6.45) is 0. The molecule has 0 bridgehead atoms. The number of carbonyl (C=O) groups excluding carboxylic acids is 1. The summed E-state index contributed by atoms with van der Waals surface area (Å²) in [5, 5.41) is 2.42. The van der Waals surface area contributed by atoms with Crippen molar-refractivity contribution in [2.45, 2.75) is 6.04 Å². The van der Waals surface area contributed by atoms with Crippen molar-refractivity contribution >= 4 is 23.3 Å². The van der Waals surface area contributed by atoms with Gasteiger partial charge < -0.3 is 4.74 Å². The number of esters is 1. The lowest BCUT2D eigenvalue weighted by Crippen LogP contribution is -2.28. The molecule has 0 amide bonds. The lowest BCUT2D eigenvalue weighted by Gasteiger charge is -2.27. The normalized spacial score (nSPS) is 18.9. The van der Waals surface area contributed by atoms with Crippen molar-refractivity contribution in [1.29, 1.82) is 0 Å². The predicted molar refractivity (Wildman–Crippen MR) is 110 cm³/mol. The van der Waals surface area contributed by atoms with Gasteiger partial charge in [-0.25, -0.2) is 5.06 Å². The third kappa shape index (κ3) is 3.61. The van der Waals surface area contributed by atoms with E-state index in [1.807, 2.05) is 42.5 Å². The molecule has 4 nitrogen and oxygen atoms in total. The fraction of sp³-hybridized carbons (Fsp3) is 0.174. The largest absolute Gasteiger partial charge is 0.469 e. The number of ether oxygens (including phenoxy) is 1. The van der Waals surface area contributed by atoms with E-state index in [4.69, 9.17) is 21.2 Å². The maximum Gasteiger partial charge on any atom is 0.313 e. The van der Waals surface area contributed by atoms with Crippen LogP contribution in [0.4, 0.5) is 5.69 Å². The van der Waals surface area contributed by atoms with Crippen LogP contribution in [0.5, 0.6) is 0 Å². The number of nitrogens with zero attached hydrogens (tertiary/aromatic N) is 1. The first-order valence-electron chi connectivity index (χ1n) is 9.08. The highest BCUT2D eigenvalue weighted by Crippen LogP contribution is 2.40. The number of hydrogen-bond donors (Lipinski definition) is 0. The third-order valence-electron chi connectivity index (χ3n) is 4.97. The summed E-state index contributed by atoms with van der Waals surface area (Å²) in [4.78, 5) is 18.3. The standard InChI is InChI=1S/C23H20ClNO3/c1-27-23(26)21-15-28-25(20-13-11-19(24)12-14-20)22(21)18-9-7-17(8-10-18)16-5-3-2-4-6-16/h2-14,21-22H,15H2,1H3. The van der Waals surface area contributed by atoms with Crippen LogP contribution in [0.2, 0.25) is 5.02 Å². The molecule has 4 rings (SSSR count). The molecule has 2 atom stereocenters. The highest BCUT2D eigenvalue weighted by atomic mass is 35.5. The van der Waals surface area contributed by atoms with Crippen LogP contribution < -0.4 is 5.06 Å². The number of anilines is 1. The number of halogens is 1. The van der Waals surface area contributed by atoms with Crippen LogP contribution in [0.15, 0.2) is 78.9 Å². The molecule has 28 heavy (non-hydrogen) atoms. The number of benzene rings is 3. The highest BCUT2D eigenvalue weighted by molar-refractivity contribution is 6.30. The second-order valence-electron chi connectivity index (χ2n) is 6.66. The van der Waals surface area contributed by atoms with E-state index in [2.05, 4.69) is 24.3 Å². The van der Waals surface area contributed by atoms with Gasteiger partial charge in [0.05, 0.1) is 25.4 Å². The van der Waals surface area contributed by atoms with Crippen molar-refractivity contribution in [1.82, 2.24) is 0 Å². The minimum absolute atomic E-state index is 0.264. The fourth-order valence-electron chi connectivity index (χ4n) is 3.54. The molecule has 1 aliphatic heterocycles. The zero-order valence-electron chi connectivity index (χ0n) is 15.4. The first-order chi connectivity index (χ1) is 13.7. The van der Waals surface area contributed by atoms with Crippen molar-refractivity contribution in [2.24, 2.45) is 5.92 Å². The van der Waals surface area contributed by atoms with Gasteiger partial charge in [-0.05, 0) is 41.0 Å². The van der Waals surface area contributed by atoms with E-state index in [1.165, 1.54) is 7.11 Å². The average Bonchev–Trinajstić information content (AvgIpc) is 3.19. The molecule has 2 unspecified atom stereocenters. The van der Waals surface area contributed by atoms with Gasteiger partial charge in [0.2, 0.25) is 0 Å². The number of methoxy groups -OCH3 is 1. The molecule has 3 aromatic carbocycles. The lowest BCUT2D eigenvalue weighted by molar-refractivity contribution is -0.145. The van der Waals surface area contributed by atoms with Gasteiger partial charge in [-0.1, -0.05) is 66.2 Å². The Bertz CT molecular complexity index is 942. The van der Waals surface area contributed by atoms with E-state index in [9.17, 15) is 4.79 Å². The number of hydrogen-bond acceptors (Lipinski definition) is 4. The molecule has 0 N–H and O–H groups in total. The Morgan fingerprint density at radius 2 is 1.61 bits per heavy atom. The third-order valence-corrected chi connectivity index (χ3v) is 5.22. The summed E-state index contributed by atoms with van der Waals surface area (Å²) < 4.78 is 5.02. The van der Waals surface area contributed by atoms with Crippen LogP contribution in [-0.4, -0.2) is 19.7 Å². The van der Waals surface area contributed by atoms with Crippen LogP contribution in [-0.2, 0) is 14.4 Å². The van der Waals surface area contributed by atoms with Gasteiger partial charge in [0.25, 0.3) is 0 Å². The zero-order chi connectivity index (χ0) is 19.5. The van der Waals surface area contributed by atoms with Crippen molar-refractivity contribution in [3.8, 4) is 11.1 Å². The summed E-state index contributed by atoms with van der Waals surface area (Å²) in [5.74, 6) is -0.697. The SMILES string of the molecule is COC(=O)C1CON(c2ccc(Cl)cc2)C1c1ccc(-c2ccccc2)cc1. The second kappa shape index (κ2) is 8.05. The Kier molecular flexibility index (Phi) is 5.33. The molecule has 1 heterocycles. The summed E-state index contributed by atoms with van der Waals surface area (Å²) in [6.45, 7) is 0.264. The molecule has 0 saturated carbocycles. The number of hydroxylamine groups is 1. The Morgan fingerprint density at radius 1 is 0.964 bits per heavy atom. The molecule has 0 aliphatic carbocycles. The van der Waals surface area contributed by atoms with Gasteiger partial charge >= 0.3 is 5.97 Å². The Labute approximate surface area is 169 Å². The summed E-state index contributed by atoms with van der Waals surface area (Å²) >= 11 is 6.02. The van der Waals surface area contributed by atoms with E-state index in [0.29, 0.717) is 5.02 Å². The molecule has 1 aliphatic rings. The van der Waals surface area contributed by atoms with Gasteiger partial charge in [0, 0.05) is 5.02 Å². The van der Waals surface area contributed by atoms with Gasteiger partial charge in [0.15, 0.2) is 0 Å². The maximum atomic E-state index is 12.4. The number of rotatable bonds is 4. The lowest BCUT2D eigenvalue weighted by atomic mass is 9.92. The van der Waals surface area contributed by atoms with Gasteiger partial charge in [0.1, 0.15) is 5.92 Å². The van der Waals surface area contributed by atoms with Gasteiger partial charge in [-0.3, -0.25) is 9.63 Å². The van der Waals surface area contributed by atoms with E-state index in [-0.39, 0.29) is 18.6 Å². The predicted octanol–water partition coefficient (Wildman–Crippen LogP) is 5.29. The van der Waals surface area contributed by atoms with Crippen molar-refractivity contribution in [2.75, 3.05) is 18.8 Å². The Hall–Kier alpha value is -2.82. The van der Waals surface area contributed by atoms with Crippen molar-refractivity contribution in [3.63, 3.8) is 0 Å². The topological polar surface area (TPSA) is 38.8 Å². The minimum atomic E-state index is -0.414. The molecule has 0 spiro atoms. The Balaban J connectivity index is 1.69. The second-order valence-corrected chi connectivity index (χ2v) is 7.10. The average molecular weight is 394 g/mol. The van der Waals surface area contributed by atoms with Crippen LogP contribution in [0.25, 0.3) is 11.1 Å². The molecular weight excluding hydrogens is 374 g/mol. The van der Waals surface area contributed by atoms with Crippen LogP contribution in [0.3, 0.4) is 0 Å². The van der Waals surface area contributed by atoms with E-state index >= 15 is 0 Å². The quantitative estimate of drug-likeness (QED) is 0.564. The molecule has 0 radical (unpaired) electrons. The summed E-state index contributed by atoms with van der Waals surface area (Å²) in [6, 6.07) is 25.5. The van der Waals surface area contributed by atoms with Crippen LogP contribution in [0.1, 0.15) is 11.6 Å². The van der Waals surface area contributed by atoms with Crippen molar-refractivity contribution < 1.29 is 14.4 Å². The number of carbonyl (C=O) groups is 1. The first-order valence-corrected chi connectivity index (χ1v) is 9.46. The van der Waals surface area contributed by atoms with E-state index in [1.54, 1.807) is 17.2 Å². The first kappa shape index (κ1) is 18.5. The molecule has 1 fully saturated rings.